The molecule has 0 aromatic rings. The van der Waals surface area contributed by atoms with Gasteiger partial charge in [0.1, 0.15) is 5.54 Å². The van der Waals surface area contributed by atoms with Crippen LogP contribution in [0.25, 0.3) is 0 Å². The third kappa shape index (κ3) is 3.69. The molecule has 0 aliphatic heterocycles. The van der Waals surface area contributed by atoms with E-state index in [0.29, 0.717) is 18.9 Å². The Balaban J connectivity index is 1.97. The molecule has 2 aliphatic carbocycles. The summed E-state index contributed by atoms with van der Waals surface area (Å²) in [5, 5.41) is 13.1. The van der Waals surface area contributed by atoms with E-state index in [1.807, 2.05) is 0 Å². The van der Waals surface area contributed by atoms with Crippen LogP contribution in [0.5, 0.6) is 0 Å². The van der Waals surface area contributed by atoms with Gasteiger partial charge < -0.3 is 9.84 Å². The normalized spacial score (nSPS) is 33.8. The molecule has 0 spiro atoms. The van der Waals surface area contributed by atoms with Gasteiger partial charge in [0.05, 0.1) is 6.10 Å². The Morgan fingerprint density at radius 3 is 2.16 bits per heavy atom. The molecular formula is C15H27NO3. The van der Waals surface area contributed by atoms with Crippen molar-refractivity contribution in [1.82, 2.24) is 5.32 Å². The van der Waals surface area contributed by atoms with Gasteiger partial charge in [-0.15, -0.1) is 0 Å². The maximum atomic E-state index is 11.7. The summed E-state index contributed by atoms with van der Waals surface area (Å²) in [7, 11) is 1.72. The molecule has 0 heterocycles. The molecule has 0 saturated heterocycles. The van der Waals surface area contributed by atoms with Gasteiger partial charge >= 0.3 is 5.97 Å². The SMILES string of the molecule is COC1CCC(NC2CCCCCC2)(C(=O)O)CC1. The summed E-state index contributed by atoms with van der Waals surface area (Å²) >= 11 is 0. The van der Waals surface area contributed by atoms with Crippen molar-refractivity contribution < 1.29 is 14.6 Å². The van der Waals surface area contributed by atoms with Gasteiger partial charge in [-0.25, -0.2) is 0 Å². The quantitative estimate of drug-likeness (QED) is 0.770. The second-order valence-electron chi connectivity index (χ2n) is 6.16. The number of hydrogen-bond donors (Lipinski definition) is 2. The van der Waals surface area contributed by atoms with Gasteiger partial charge in [0.25, 0.3) is 0 Å². The van der Waals surface area contributed by atoms with Crippen molar-refractivity contribution in [2.75, 3.05) is 7.11 Å². The van der Waals surface area contributed by atoms with Gasteiger partial charge in [-0.2, -0.15) is 0 Å². The highest BCUT2D eigenvalue weighted by Gasteiger charge is 2.43. The van der Waals surface area contributed by atoms with E-state index in [2.05, 4.69) is 5.32 Å². The minimum atomic E-state index is -0.704. The van der Waals surface area contributed by atoms with Gasteiger partial charge in [0.2, 0.25) is 0 Å². The van der Waals surface area contributed by atoms with E-state index in [1.165, 1.54) is 25.7 Å². The topological polar surface area (TPSA) is 58.6 Å². The van der Waals surface area contributed by atoms with Crippen molar-refractivity contribution in [2.24, 2.45) is 0 Å². The van der Waals surface area contributed by atoms with Gasteiger partial charge in [-0.05, 0) is 38.5 Å². The van der Waals surface area contributed by atoms with E-state index in [9.17, 15) is 9.90 Å². The highest BCUT2D eigenvalue weighted by Crippen LogP contribution is 2.32. The number of carboxylic acid groups (broad SMARTS) is 1. The summed E-state index contributed by atoms with van der Waals surface area (Å²) in [5.74, 6) is -0.675. The van der Waals surface area contributed by atoms with E-state index in [-0.39, 0.29) is 6.10 Å². The number of hydrogen-bond acceptors (Lipinski definition) is 3. The van der Waals surface area contributed by atoms with Gasteiger partial charge in [0, 0.05) is 13.2 Å². The Bertz CT molecular complexity index is 290. The zero-order valence-electron chi connectivity index (χ0n) is 12.0. The molecule has 4 heteroatoms. The number of rotatable bonds is 4. The Labute approximate surface area is 115 Å². The number of aliphatic carboxylic acids is 1. The Hall–Kier alpha value is -0.610. The third-order valence-corrected chi connectivity index (χ3v) is 4.86. The van der Waals surface area contributed by atoms with Crippen molar-refractivity contribution in [3.8, 4) is 0 Å². The van der Waals surface area contributed by atoms with Gasteiger partial charge in [-0.3, -0.25) is 10.1 Å². The van der Waals surface area contributed by atoms with Crippen LogP contribution in [-0.4, -0.2) is 35.9 Å². The molecule has 2 aliphatic rings. The average molecular weight is 269 g/mol. The van der Waals surface area contributed by atoms with Crippen molar-refractivity contribution in [1.29, 1.82) is 0 Å². The van der Waals surface area contributed by atoms with E-state index in [4.69, 9.17) is 4.74 Å². The van der Waals surface area contributed by atoms with Crippen LogP contribution in [-0.2, 0) is 9.53 Å². The first-order valence-electron chi connectivity index (χ1n) is 7.70. The predicted octanol–water partition coefficient (Wildman–Crippen LogP) is 2.71. The first kappa shape index (κ1) is 14.8. The fourth-order valence-corrected chi connectivity index (χ4v) is 3.55. The maximum Gasteiger partial charge on any atom is 0.323 e. The molecular weight excluding hydrogens is 242 g/mol. The lowest BCUT2D eigenvalue weighted by Gasteiger charge is -2.39. The lowest BCUT2D eigenvalue weighted by atomic mass is 9.79. The second kappa shape index (κ2) is 6.71. The van der Waals surface area contributed by atoms with E-state index in [1.54, 1.807) is 7.11 Å². The van der Waals surface area contributed by atoms with Crippen molar-refractivity contribution in [3.63, 3.8) is 0 Å². The lowest BCUT2D eigenvalue weighted by molar-refractivity contribution is -0.148. The largest absolute Gasteiger partial charge is 0.480 e. The summed E-state index contributed by atoms with van der Waals surface area (Å²) in [6, 6.07) is 0.387. The van der Waals surface area contributed by atoms with Crippen molar-refractivity contribution in [3.05, 3.63) is 0 Å². The molecule has 2 rings (SSSR count). The number of nitrogens with one attached hydrogen (secondary N) is 1. The summed E-state index contributed by atoms with van der Waals surface area (Å²) in [5.41, 5.74) is -0.704. The fraction of sp³-hybridized carbons (Fsp3) is 0.933. The van der Waals surface area contributed by atoms with E-state index in [0.717, 1.165) is 25.7 Å². The summed E-state index contributed by atoms with van der Waals surface area (Å²) in [6.07, 6.45) is 10.6. The van der Waals surface area contributed by atoms with E-state index >= 15 is 0 Å². The monoisotopic (exact) mass is 269 g/mol. The van der Waals surface area contributed by atoms with E-state index < -0.39 is 11.5 Å². The lowest BCUT2D eigenvalue weighted by Crippen LogP contribution is -2.58. The highest BCUT2D eigenvalue weighted by atomic mass is 16.5. The Kier molecular flexibility index (Phi) is 5.22. The highest BCUT2D eigenvalue weighted by molar-refractivity contribution is 5.79. The van der Waals surface area contributed by atoms with Crippen LogP contribution in [0.3, 0.4) is 0 Å². The molecule has 110 valence electrons. The average Bonchev–Trinajstić information content (AvgIpc) is 2.68. The second-order valence-corrected chi connectivity index (χ2v) is 6.16. The summed E-state index contributed by atoms with van der Waals surface area (Å²) in [6.45, 7) is 0. The molecule has 2 N–H and O–H groups in total. The first-order chi connectivity index (χ1) is 9.16. The Morgan fingerprint density at radius 2 is 1.68 bits per heavy atom. The smallest absolute Gasteiger partial charge is 0.323 e. The summed E-state index contributed by atoms with van der Waals surface area (Å²) < 4.78 is 5.35. The molecule has 0 aromatic carbocycles. The van der Waals surface area contributed by atoms with Crippen LogP contribution in [0.2, 0.25) is 0 Å². The molecule has 0 radical (unpaired) electrons. The molecule has 0 aromatic heterocycles. The molecule has 2 saturated carbocycles. The predicted molar refractivity (Wildman–Crippen MR) is 74.3 cm³/mol. The maximum absolute atomic E-state index is 11.7. The Morgan fingerprint density at radius 1 is 1.11 bits per heavy atom. The zero-order valence-corrected chi connectivity index (χ0v) is 12.0. The van der Waals surface area contributed by atoms with Crippen molar-refractivity contribution >= 4 is 5.97 Å². The first-order valence-corrected chi connectivity index (χ1v) is 7.70. The van der Waals surface area contributed by atoms with Gasteiger partial charge in [-0.1, -0.05) is 25.7 Å². The zero-order chi connectivity index (χ0) is 13.7. The van der Waals surface area contributed by atoms with Crippen LogP contribution in [0.1, 0.15) is 64.2 Å². The minimum Gasteiger partial charge on any atom is -0.480 e. The fourth-order valence-electron chi connectivity index (χ4n) is 3.55. The molecule has 0 atom stereocenters. The number of methoxy groups -OCH3 is 1. The van der Waals surface area contributed by atoms with Crippen LogP contribution >= 0.6 is 0 Å². The van der Waals surface area contributed by atoms with Crippen LogP contribution in [0, 0.1) is 0 Å². The summed E-state index contributed by atoms with van der Waals surface area (Å²) in [4.78, 5) is 11.7. The molecule has 4 nitrogen and oxygen atoms in total. The molecule has 19 heavy (non-hydrogen) atoms. The van der Waals surface area contributed by atoms with Crippen LogP contribution < -0.4 is 5.32 Å². The number of carboxylic acids is 1. The molecule has 0 amide bonds. The molecule has 0 bridgehead atoms. The number of ether oxygens (including phenoxy) is 1. The van der Waals surface area contributed by atoms with Crippen LogP contribution in [0.15, 0.2) is 0 Å². The standard InChI is InChI=1S/C15H27NO3/c1-19-13-8-10-15(11-9-13,14(17)18)16-12-6-4-2-3-5-7-12/h12-13,16H,2-11H2,1H3,(H,17,18). The third-order valence-electron chi connectivity index (χ3n) is 4.86. The molecule has 0 unspecified atom stereocenters. The van der Waals surface area contributed by atoms with Crippen molar-refractivity contribution in [2.45, 2.75) is 81.9 Å². The van der Waals surface area contributed by atoms with Crippen LogP contribution in [0.4, 0.5) is 0 Å². The van der Waals surface area contributed by atoms with Gasteiger partial charge in [0.15, 0.2) is 0 Å². The minimum absolute atomic E-state index is 0.239. The molecule has 2 fully saturated rings. The number of carbonyl (C=O) groups is 1.